The van der Waals surface area contributed by atoms with Crippen LogP contribution < -0.4 is 14.4 Å². The van der Waals surface area contributed by atoms with Gasteiger partial charge in [0.1, 0.15) is 11.6 Å². The molecule has 3 aromatic rings. The second kappa shape index (κ2) is 10.3. The van der Waals surface area contributed by atoms with Crippen molar-refractivity contribution < 1.29 is 22.3 Å². The van der Waals surface area contributed by atoms with E-state index in [4.69, 9.17) is 4.74 Å². The van der Waals surface area contributed by atoms with Gasteiger partial charge >= 0.3 is 0 Å². The molecule has 0 saturated heterocycles. The number of hydrogen-bond acceptors (Lipinski definition) is 4. The van der Waals surface area contributed by atoms with Crippen LogP contribution >= 0.6 is 0 Å². The standard InChI is InChI=1S/C24H25FN2O4S/c1-31-23-13-11-22(12-14-23)27(32(2,29)30)17-19-3-7-20(8-4-19)24(28)26-16-15-18-5-9-21(25)10-6-18/h3-14H,15-17H2,1-2H3,(H,26,28). The summed E-state index contributed by atoms with van der Waals surface area (Å²) in [7, 11) is -1.97. The van der Waals surface area contributed by atoms with E-state index in [-0.39, 0.29) is 18.3 Å². The molecule has 0 unspecified atom stereocenters. The van der Waals surface area contributed by atoms with Crippen LogP contribution in [0, 0.1) is 5.82 Å². The van der Waals surface area contributed by atoms with Crippen molar-refractivity contribution in [1.29, 1.82) is 0 Å². The van der Waals surface area contributed by atoms with Crippen LogP contribution in [-0.4, -0.2) is 34.2 Å². The molecule has 0 aliphatic carbocycles. The normalized spacial score (nSPS) is 11.1. The first kappa shape index (κ1) is 23.3. The zero-order valence-electron chi connectivity index (χ0n) is 17.9. The van der Waals surface area contributed by atoms with Gasteiger partial charge in [0, 0.05) is 12.1 Å². The molecule has 0 aliphatic rings. The van der Waals surface area contributed by atoms with Gasteiger partial charge < -0.3 is 10.1 Å². The lowest BCUT2D eigenvalue weighted by Crippen LogP contribution is -2.29. The number of nitrogens with one attached hydrogen (secondary N) is 1. The summed E-state index contributed by atoms with van der Waals surface area (Å²) in [4.78, 5) is 12.4. The Morgan fingerprint density at radius 1 is 0.938 bits per heavy atom. The molecule has 168 valence electrons. The van der Waals surface area contributed by atoms with E-state index >= 15 is 0 Å². The monoisotopic (exact) mass is 456 g/mol. The lowest BCUT2D eigenvalue weighted by Gasteiger charge is -2.23. The Labute approximate surface area is 187 Å². The van der Waals surface area contributed by atoms with Crippen LogP contribution in [0.2, 0.25) is 0 Å². The number of ether oxygens (including phenoxy) is 1. The van der Waals surface area contributed by atoms with Crippen molar-refractivity contribution in [1.82, 2.24) is 5.32 Å². The molecule has 3 rings (SSSR count). The van der Waals surface area contributed by atoms with Crippen LogP contribution in [0.3, 0.4) is 0 Å². The highest BCUT2D eigenvalue weighted by Crippen LogP contribution is 2.23. The van der Waals surface area contributed by atoms with Gasteiger partial charge in [-0.25, -0.2) is 12.8 Å². The van der Waals surface area contributed by atoms with Gasteiger partial charge in [0.15, 0.2) is 0 Å². The molecule has 0 aliphatic heterocycles. The SMILES string of the molecule is COc1ccc(N(Cc2ccc(C(=O)NCCc3ccc(F)cc3)cc2)S(C)(=O)=O)cc1. The topological polar surface area (TPSA) is 75.7 Å². The molecule has 0 radical (unpaired) electrons. The highest BCUT2D eigenvalue weighted by Gasteiger charge is 2.18. The number of hydrogen-bond donors (Lipinski definition) is 1. The summed E-state index contributed by atoms with van der Waals surface area (Å²) >= 11 is 0. The van der Waals surface area contributed by atoms with E-state index in [2.05, 4.69) is 5.32 Å². The molecule has 6 nitrogen and oxygen atoms in total. The number of carbonyl (C=O) groups is 1. The molecule has 1 N–H and O–H groups in total. The van der Waals surface area contributed by atoms with Gasteiger partial charge in [-0.15, -0.1) is 0 Å². The Balaban J connectivity index is 1.62. The van der Waals surface area contributed by atoms with Crippen LogP contribution in [-0.2, 0) is 23.0 Å². The first-order chi connectivity index (χ1) is 15.3. The van der Waals surface area contributed by atoms with Gasteiger partial charge in [0.2, 0.25) is 10.0 Å². The fourth-order valence-electron chi connectivity index (χ4n) is 3.15. The molecule has 0 aromatic heterocycles. The van der Waals surface area contributed by atoms with Gasteiger partial charge in [-0.1, -0.05) is 24.3 Å². The molecule has 0 fully saturated rings. The van der Waals surface area contributed by atoms with Gasteiger partial charge in [-0.2, -0.15) is 0 Å². The number of amides is 1. The molecule has 32 heavy (non-hydrogen) atoms. The van der Waals surface area contributed by atoms with Crippen molar-refractivity contribution in [3.63, 3.8) is 0 Å². The Bertz CT molecular complexity index is 1150. The Morgan fingerprint density at radius 3 is 2.09 bits per heavy atom. The molecule has 8 heteroatoms. The summed E-state index contributed by atoms with van der Waals surface area (Å²) in [6, 6.07) is 19.7. The summed E-state index contributed by atoms with van der Waals surface area (Å²) in [5.41, 5.74) is 2.68. The molecular formula is C24H25FN2O4S. The average Bonchev–Trinajstić information content (AvgIpc) is 2.78. The number of benzene rings is 3. The van der Waals surface area contributed by atoms with Gasteiger partial charge in [-0.05, 0) is 66.1 Å². The molecule has 0 heterocycles. The summed E-state index contributed by atoms with van der Waals surface area (Å²) < 4.78 is 44.0. The third-order valence-electron chi connectivity index (χ3n) is 4.92. The summed E-state index contributed by atoms with van der Waals surface area (Å²) in [5, 5.41) is 2.83. The minimum absolute atomic E-state index is 0.137. The first-order valence-electron chi connectivity index (χ1n) is 9.99. The van der Waals surface area contributed by atoms with Crippen LogP contribution in [0.1, 0.15) is 21.5 Å². The third kappa shape index (κ3) is 6.31. The molecule has 0 saturated carbocycles. The van der Waals surface area contributed by atoms with Crippen LogP contribution in [0.15, 0.2) is 72.8 Å². The minimum Gasteiger partial charge on any atom is -0.497 e. The fraction of sp³-hybridized carbons (Fsp3) is 0.208. The van der Waals surface area contributed by atoms with Gasteiger partial charge in [0.25, 0.3) is 5.91 Å². The van der Waals surface area contributed by atoms with Crippen molar-refractivity contribution in [3.8, 4) is 5.75 Å². The lowest BCUT2D eigenvalue weighted by atomic mass is 10.1. The number of halogens is 1. The van der Waals surface area contributed by atoms with E-state index in [1.54, 1.807) is 67.8 Å². The van der Waals surface area contributed by atoms with Crippen LogP contribution in [0.25, 0.3) is 0 Å². The van der Waals surface area contributed by atoms with Crippen molar-refractivity contribution in [2.45, 2.75) is 13.0 Å². The lowest BCUT2D eigenvalue weighted by molar-refractivity contribution is 0.0954. The van der Waals surface area contributed by atoms with E-state index in [9.17, 15) is 17.6 Å². The van der Waals surface area contributed by atoms with Gasteiger partial charge in [-0.3, -0.25) is 9.10 Å². The highest BCUT2D eigenvalue weighted by molar-refractivity contribution is 7.92. The fourth-order valence-corrected chi connectivity index (χ4v) is 4.04. The smallest absolute Gasteiger partial charge is 0.251 e. The average molecular weight is 457 g/mol. The second-order valence-electron chi connectivity index (χ2n) is 7.30. The molecule has 3 aromatic carbocycles. The molecule has 0 spiro atoms. The number of sulfonamides is 1. The maximum Gasteiger partial charge on any atom is 0.251 e. The number of anilines is 1. The summed E-state index contributed by atoms with van der Waals surface area (Å²) in [5.74, 6) is 0.116. The summed E-state index contributed by atoms with van der Waals surface area (Å²) in [6.45, 7) is 0.559. The molecule has 0 atom stereocenters. The largest absolute Gasteiger partial charge is 0.497 e. The predicted molar refractivity (Wildman–Crippen MR) is 123 cm³/mol. The van der Waals surface area contributed by atoms with Crippen molar-refractivity contribution in [2.75, 3.05) is 24.2 Å². The third-order valence-corrected chi connectivity index (χ3v) is 6.06. The summed E-state index contributed by atoms with van der Waals surface area (Å²) in [6.07, 6.45) is 1.75. The zero-order valence-corrected chi connectivity index (χ0v) is 18.7. The maximum atomic E-state index is 13.0. The number of nitrogens with zero attached hydrogens (tertiary/aromatic N) is 1. The Kier molecular flexibility index (Phi) is 7.48. The number of carbonyl (C=O) groups excluding carboxylic acids is 1. The maximum absolute atomic E-state index is 13.0. The van der Waals surface area contributed by atoms with Crippen molar-refractivity contribution in [2.24, 2.45) is 0 Å². The quantitative estimate of drug-likeness (QED) is 0.532. The Morgan fingerprint density at radius 2 is 1.53 bits per heavy atom. The molecule has 0 bridgehead atoms. The van der Waals surface area contributed by atoms with Crippen molar-refractivity contribution in [3.05, 3.63) is 95.3 Å². The Hall–Kier alpha value is -3.39. The predicted octanol–water partition coefficient (Wildman–Crippen LogP) is 3.77. The second-order valence-corrected chi connectivity index (χ2v) is 9.20. The molecule has 1 amide bonds. The van der Waals surface area contributed by atoms with Gasteiger partial charge in [0.05, 0.1) is 25.6 Å². The highest BCUT2D eigenvalue weighted by atomic mass is 32.2. The first-order valence-corrected chi connectivity index (χ1v) is 11.8. The number of rotatable bonds is 9. The van der Waals surface area contributed by atoms with E-state index in [1.165, 1.54) is 16.4 Å². The van der Waals surface area contributed by atoms with E-state index < -0.39 is 10.0 Å². The van der Waals surface area contributed by atoms with Crippen LogP contribution in [0.4, 0.5) is 10.1 Å². The van der Waals surface area contributed by atoms with E-state index in [0.717, 1.165) is 17.4 Å². The number of methoxy groups -OCH3 is 1. The minimum atomic E-state index is -3.51. The van der Waals surface area contributed by atoms with E-state index in [1.807, 2.05) is 0 Å². The van der Waals surface area contributed by atoms with Crippen LogP contribution in [0.5, 0.6) is 5.75 Å². The van der Waals surface area contributed by atoms with Crippen molar-refractivity contribution >= 4 is 21.6 Å². The zero-order chi connectivity index (χ0) is 23.1. The molecular weight excluding hydrogens is 431 g/mol. The van der Waals surface area contributed by atoms with E-state index in [0.29, 0.717) is 30.0 Å².